The Balaban J connectivity index is 1.37. The van der Waals surface area contributed by atoms with Crippen LogP contribution in [0.5, 0.6) is 11.6 Å². The van der Waals surface area contributed by atoms with Crippen molar-refractivity contribution in [2.75, 3.05) is 18.5 Å². The summed E-state index contributed by atoms with van der Waals surface area (Å²) in [5, 5.41) is 2.87. The van der Waals surface area contributed by atoms with Gasteiger partial charge >= 0.3 is 0 Å². The summed E-state index contributed by atoms with van der Waals surface area (Å²) < 4.78 is 12.1. The third-order valence-corrected chi connectivity index (χ3v) is 5.89. The van der Waals surface area contributed by atoms with E-state index in [9.17, 15) is 9.59 Å². The third-order valence-electron chi connectivity index (χ3n) is 5.89. The van der Waals surface area contributed by atoms with Crippen LogP contribution in [0.15, 0.2) is 36.5 Å². The number of amides is 2. The molecule has 0 saturated carbocycles. The van der Waals surface area contributed by atoms with Crippen LogP contribution in [0.1, 0.15) is 29.3 Å². The van der Waals surface area contributed by atoms with Gasteiger partial charge in [-0.15, -0.1) is 0 Å². The Labute approximate surface area is 162 Å². The summed E-state index contributed by atoms with van der Waals surface area (Å²) in [6.45, 7) is 2.99. The van der Waals surface area contributed by atoms with Crippen LogP contribution in [-0.2, 0) is 11.2 Å². The number of nitrogens with zero attached hydrogens (tertiary/aromatic N) is 2. The number of para-hydroxylation sites is 1. The number of benzene rings is 1. The molecule has 3 unspecified atom stereocenters. The number of rotatable bonds is 2. The molecule has 1 N–H and O–H groups in total. The molecule has 1 aromatic carbocycles. The fourth-order valence-electron chi connectivity index (χ4n) is 4.21. The molecule has 7 heteroatoms. The first kappa shape index (κ1) is 17.0. The van der Waals surface area contributed by atoms with E-state index >= 15 is 0 Å². The molecule has 0 spiro atoms. The van der Waals surface area contributed by atoms with Crippen LogP contribution >= 0.6 is 0 Å². The zero-order chi connectivity index (χ0) is 19.3. The Morgan fingerprint density at radius 1 is 1.25 bits per heavy atom. The summed E-state index contributed by atoms with van der Waals surface area (Å²) in [5.74, 6) is 1.17. The minimum Gasteiger partial charge on any atom is -0.491 e. The SMILES string of the molecule is CC1C(Oc2cc3c(cn2)CCC(=O)N3)CN2C(=O)c3ccccc3OCC12. The highest BCUT2D eigenvalue weighted by Crippen LogP contribution is 2.35. The molecule has 3 aliphatic heterocycles. The van der Waals surface area contributed by atoms with Gasteiger partial charge in [-0.2, -0.15) is 0 Å². The molecular formula is C21H21N3O4. The molecule has 0 aliphatic carbocycles. The zero-order valence-electron chi connectivity index (χ0n) is 15.6. The van der Waals surface area contributed by atoms with E-state index in [1.807, 2.05) is 23.1 Å². The van der Waals surface area contributed by atoms with Gasteiger partial charge in [0.2, 0.25) is 11.8 Å². The lowest BCUT2D eigenvalue weighted by atomic mass is 10.0. The fourth-order valence-corrected chi connectivity index (χ4v) is 4.21. The number of pyridine rings is 1. The lowest BCUT2D eigenvalue weighted by Gasteiger charge is -2.23. The van der Waals surface area contributed by atoms with Crippen molar-refractivity contribution >= 4 is 17.5 Å². The lowest BCUT2D eigenvalue weighted by Crippen LogP contribution is -2.39. The molecular weight excluding hydrogens is 358 g/mol. The largest absolute Gasteiger partial charge is 0.491 e. The molecule has 5 rings (SSSR count). The molecule has 1 saturated heterocycles. The maximum atomic E-state index is 13.0. The Morgan fingerprint density at radius 3 is 3.00 bits per heavy atom. The number of nitrogens with one attached hydrogen (secondary N) is 1. The summed E-state index contributed by atoms with van der Waals surface area (Å²) in [5.41, 5.74) is 2.36. The van der Waals surface area contributed by atoms with Gasteiger partial charge in [0.15, 0.2) is 0 Å². The van der Waals surface area contributed by atoms with Crippen molar-refractivity contribution in [3.63, 3.8) is 0 Å². The molecule has 3 atom stereocenters. The summed E-state index contributed by atoms with van der Waals surface area (Å²) >= 11 is 0. The highest BCUT2D eigenvalue weighted by molar-refractivity contribution is 5.97. The second-order valence-corrected chi connectivity index (χ2v) is 7.58. The minimum absolute atomic E-state index is 0.00803. The number of ether oxygens (including phenoxy) is 2. The first-order valence-corrected chi connectivity index (χ1v) is 9.58. The zero-order valence-corrected chi connectivity index (χ0v) is 15.6. The van der Waals surface area contributed by atoms with E-state index in [1.165, 1.54) is 0 Å². The van der Waals surface area contributed by atoms with Crippen LogP contribution in [0.3, 0.4) is 0 Å². The van der Waals surface area contributed by atoms with Gasteiger partial charge in [0.25, 0.3) is 5.91 Å². The van der Waals surface area contributed by atoms with E-state index in [1.54, 1.807) is 18.3 Å². The van der Waals surface area contributed by atoms with Gasteiger partial charge < -0.3 is 19.7 Å². The monoisotopic (exact) mass is 379 g/mol. The van der Waals surface area contributed by atoms with Crippen molar-refractivity contribution in [2.24, 2.45) is 5.92 Å². The van der Waals surface area contributed by atoms with Gasteiger partial charge in [-0.3, -0.25) is 9.59 Å². The molecule has 4 heterocycles. The van der Waals surface area contributed by atoms with Gasteiger partial charge in [-0.25, -0.2) is 4.98 Å². The second kappa shape index (κ2) is 6.51. The Bertz CT molecular complexity index is 960. The molecule has 7 nitrogen and oxygen atoms in total. The van der Waals surface area contributed by atoms with Crippen LogP contribution in [-0.4, -0.2) is 47.0 Å². The normalized spacial score (nSPS) is 25.8. The smallest absolute Gasteiger partial charge is 0.258 e. The molecule has 144 valence electrons. The quantitative estimate of drug-likeness (QED) is 0.866. The number of hydrogen-bond donors (Lipinski definition) is 1. The molecule has 2 aromatic rings. The van der Waals surface area contributed by atoms with E-state index in [0.29, 0.717) is 43.2 Å². The predicted octanol–water partition coefficient (Wildman–Crippen LogP) is 2.27. The highest BCUT2D eigenvalue weighted by atomic mass is 16.5. The number of carbonyl (C=O) groups is 2. The van der Waals surface area contributed by atoms with E-state index in [-0.39, 0.29) is 29.9 Å². The number of aromatic nitrogens is 1. The average Bonchev–Trinajstić information content (AvgIpc) is 2.93. The fraction of sp³-hybridized carbons (Fsp3) is 0.381. The summed E-state index contributed by atoms with van der Waals surface area (Å²) in [4.78, 5) is 30.9. The van der Waals surface area contributed by atoms with Crippen LogP contribution in [0.2, 0.25) is 0 Å². The summed E-state index contributed by atoms with van der Waals surface area (Å²) in [6.07, 6.45) is 2.74. The van der Waals surface area contributed by atoms with E-state index in [4.69, 9.17) is 9.47 Å². The molecule has 3 aliphatic rings. The number of carbonyl (C=O) groups excluding carboxylic acids is 2. The van der Waals surface area contributed by atoms with Crippen molar-refractivity contribution in [1.82, 2.24) is 9.88 Å². The van der Waals surface area contributed by atoms with Gasteiger partial charge in [-0.05, 0) is 24.1 Å². The predicted molar refractivity (Wildman–Crippen MR) is 102 cm³/mol. The highest BCUT2D eigenvalue weighted by Gasteiger charge is 2.45. The number of anilines is 1. The van der Waals surface area contributed by atoms with Crippen molar-refractivity contribution in [3.05, 3.63) is 47.7 Å². The Kier molecular flexibility index (Phi) is 3.96. The molecule has 28 heavy (non-hydrogen) atoms. The van der Waals surface area contributed by atoms with Crippen molar-refractivity contribution < 1.29 is 19.1 Å². The van der Waals surface area contributed by atoms with Crippen LogP contribution < -0.4 is 14.8 Å². The molecule has 0 bridgehead atoms. The Hall–Kier alpha value is -3.09. The minimum atomic E-state index is -0.187. The molecule has 1 aromatic heterocycles. The van der Waals surface area contributed by atoms with E-state index in [2.05, 4.69) is 17.2 Å². The second-order valence-electron chi connectivity index (χ2n) is 7.58. The Morgan fingerprint density at radius 2 is 2.11 bits per heavy atom. The summed E-state index contributed by atoms with van der Waals surface area (Å²) in [7, 11) is 0. The molecule has 2 amide bonds. The number of hydrogen-bond acceptors (Lipinski definition) is 5. The van der Waals surface area contributed by atoms with Gasteiger partial charge in [0, 0.05) is 24.6 Å². The standard InChI is InChI=1S/C21H21N3O4/c1-12-16-11-27-17-5-3-2-4-14(17)21(26)24(16)10-18(12)28-20-8-15-13(9-22-20)6-7-19(25)23-15/h2-5,8-9,12,16,18H,6-7,10-11H2,1H3,(H,23,25). The van der Waals surface area contributed by atoms with Crippen LogP contribution in [0, 0.1) is 5.92 Å². The van der Waals surface area contributed by atoms with E-state index in [0.717, 1.165) is 11.3 Å². The third kappa shape index (κ3) is 2.78. The van der Waals surface area contributed by atoms with Crippen LogP contribution in [0.25, 0.3) is 0 Å². The van der Waals surface area contributed by atoms with Crippen LogP contribution in [0.4, 0.5) is 5.69 Å². The maximum Gasteiger partial charge on any atom is 0.258 e. The van der Waals surface area contributed by atoms with Crippen molar-refractivity contribution in [3.8, 4) is 11.6 Å². The molecule has 0 radical (unpaired) electrons. The average molecular weight is 379 g/mol. The van der Waals surface area contributed by atoms with E-state index < -0.39 is 0 Å². The number of fused-ring (bicyclic) bond motifs is 3. The van der Waals surface area contributed by atoms with Gasteiger partial charge in [-0.1, -0.05) is 19.1 Å². The van der Waals surface area contributed by atoms with Gasteiger partial charge in [0.1, 0.15) is 18.5 Å². The first-order chi connectivity index (χ1) is 13.6. The van der Waals surface area contributed by atoms with Crippen molar-refractivity contribution in [1.29, 1.82) is 0 Å². The van der Waals surface area contributed by atoms with Crippen molar-refractivity contribution in [2.45, 2.75) is 31.9 Å². The molecule has 1 fully saturated rings. The maximum absolute atomic E-state index is 13.0. The number of aryl methyl sites for hydroxylation is 1. The first-order valence-electron chi connectivity index (χ1n) is 9.58. The lowest BCUT2D eigenvalue weighted by molar-refractivity contribution is -0.116. The van der Waals surface area contributed by atoms with Gasteiger partial charge in [0.05, 0.1) is 23.8 Å². The topological polar surface area (TPSA) is 80.8 Å². The summed E-state index contributed by atoms with van der Waals surface area (Å²) in [6, 6.07) is 9.07.